The van der Waals surface area contributed by atoms with E-state index in [4.69, 9.17) is 0 Å². The fraction of sp³-hybridized carbons (Fsp3) is 0.333. The van der Waals surface area contributed by atoms with E-state index in [1.807, 2.05) is 0 Å². The minimum Gasteiger partial charge on any atom is -1.00 e. The Morgan fingerprint density at radius 3 is 2.25 bits per heavy atom. The Labute approximate surface area is 58.9 Å². The molecule has 0 aliphatic heterocycles. The second-order valence-corrected chi connectivity index (χ2v) is 3.69. The SMILES string of the molecule is Cc1ccc[s+]1C.[Cl-]. The number of rotatable bonds is 0. The molecular formula is C6H9ClS. The zero-order valence-corrected chi connectivity index (χ0v) is 6.59. The lowest BCUT2D eigenvalue weighted by molar-refractivity contribution is -0.00000157. The van der Waals surface area contributed by atoms with E-state index in [0.717, 1.165) is 0 Å². The van der Waals surface area contributed by atoms with Crippen molar-refractivity contribution in [2.45, 2.75) is 6.92 Å². The number of aryl methyl sites for hydroxylation is 2. The summed E-state index contributed by atoms with van der Waals surface area (Å²) in [5, 5.41) is 2.23. The van der Waals surface area contributed by atoms with Crippen molar-refractivity contribution in [1.82, 2.24) is 0 Å². The monoisotopic (exact) mass is 148 g/mol. The van der Waals surface area contributed by atoms with Crippen LogP contribution in [0.1, 0.15) is 4.88 Å². The molecule has 1 atom stereocenters. The van der Waals surface area contributed by atoms with Gasteiger partial charge >= 0.3 is 0 Å². The van der Waals surface area contributed by atoms with Gasteiger partial charge in [0, 0.05) is 6.92 Å². The highest BCUT2D eigenvalue weighted by Crippen LogP contribution is 2.17. The van der Waals surface area contributed by atoms with Gasteiger partial charge in [-0.3, -0.25) is 0 Å². The fourth-order valence-corrected chi connectivity index (χ4v) is 1.33. The fourth-order valence-electron chi connectivity index (χ4n) is 0.507. The van der Waals surface area contributed by atoms with Gasteiger partial charge in [-0.2, -0.15) is 0 Å². The molecule has 1 aromatic heterocycles. The van der Waals surface area contributed by atoms with Crippen LogP contribution in [0, 0.1) is 6.92 Å². The lowest BCUT2D eigenvalue weighted by Gasteiger charge is -1.70. The maximum atomic E-state index is 2.23. The first-order chi connectivity index (χ1) is 3.30. The second-order valence-electron chi connectivity index (χ2n) is 1.66. The van der Waals surface area contributed by atoms with Crippen LogP contribution in [0.3, 0.4) is 0 Å². The van der Waals surface area contributed by atoms with Crippen LogP contribution >= 0.6 is 10.5 Å². The second kappa shape index (κ2) is 3.10. The van der Waals surface area contributed by atoms with Gasteiger partial charge in [0.1, 0.15) is 16.5 Å². The molecule has 0 nitrogen and oxygen atoms in total. The summed E-state index contributed by atoms with van der Waals surface area (Å²) in [5.41, 5.74) is 0. The molecule has 1 heterocycles. The molecule has 0 amide bonds. The Morgan fingerprint density at radius 1 is 1.50 bits per heavy atom. The van der Waals surface area contributed by atoms with Crippen LogP contribution in [0.5, 0.6) is 0 Å². The summed E-state index contributed by atoms with van der Waals surface area (Å²) in [6.07, 6.45) is 2.23. The van der Waals surface area contributed by atoms with Gasteiger partial charge in [-0.1, -0.05) is 0 Å². The molecular weight excluding hydrogens is 140 g/mol. The van der Waals surface area contributed by atoms with Gasteiger partial charge < -0.3 is 12.4 Å². The minimum atomic E-state index is 0. The normalized spacial score (nSPS) is 10.5. The Balaban J connectivity index is 0.000000490. The van der Waals surface area contributed by atoms with Crippen molar-refractivity contribution in [1.29, 1.82) is 0 Å². The van der Waals surface area contributed by atoms with Crippen LogP contribution in [-0.2, 0) is 6.26 Å². The van der Waals surface area contributed by atoms with Gasteiger partial charge in [0.2, 0.25) is 0 Å². The van der Waals surface area contributed by atoms with E-state index in [1.165, 1.54) is 4.88 Å². The number of hydrogen-bond donors (Lipinski definition) is 0. The Bertz CT molecular complexity index is 141. The first kappa shape index (κ1) is 7.99. The summed E-state index contributed by atoms with van der Waals surface area (Å²) in [7, 11) is 0.463. The van der Waals surface area contributed by atoms with Crippen LogP contribution in [0.25, 0.3) is 0 Å². The molecule has 2 heteroatoms. The van der Waals surface area contributed by atoms with E-state index in [-0.39, 0.29) is 12.4 Å². The van der Waals surface area contributed by atoms with E-state index >= 15 is 0 Å². The summed E-state index contributed by atoms with van der Waals surface area (Å²) >= 11 is 0. The van der Waals surface area contributed by atoms with Crippen molar-refractivity contribution in [3.63, 3.8) is 0 Å². The van der Waals surface area contributed by atoms with Crippen molar-refractivity contribution in [3.8, 4) is 0 Å². The highest BCUT2D eigenvalue weighted by atomic mass is 35.5. The van der Waals surface area contributed by atoms with Crippen LogP contribution in [-0.4, -0.2) is 0 Å². The maximum absolute atomic E-state index is 2.23. The Morgan fingerprint density at radius 2 is 2.12 bits per heavy atom. The molecule has 8 heavy (non-hydrogen) atoms. The smallest absolute Gasteiger partial charge is 0.146 e. The third-order valence-corrected chi connectivity index (χ3v) is 2.84. The molecule has 0 aliphatic carbocycles. The van der Waals surface area contributed by atoms with Crippen molar-refractivity contribution >= 4 is 10.5 Å². The third kappa shape index (κ3) is 1.49. The Kier molecular flexibility index (Phi) is 3.10. The maximum Gasteiger partial charge on any atom is 0.146 e. The molecule has 1 aromatic rings. The van der Waals surface area contributed by atoms with E-state index in [1.54, 1.807) is 0 Å². The molecule has 0 aliphatic rings. The number of thiophene rings is 1. The molecule has 0 radical (unpaired) electrons. The predicted octanol–water partition coefficient (Wildman–Crippen LogP) is -0.715. The quantitative estimate of drug-likeness (QED) is 0.427. The first-order valence-corrected chi connectivity index (χ1v) is 4.00. The van der Waals surface area contributed by atoms with Crippen LogP contribution in [0.15, 0.2) is 17.5 Å². The highest BCUT2D eigenvalue weighted by Gasteiger charge is 1.96. The summed E-state index contributed by atoms with van der Waals surface area (Å²) in [5.74, 6) is 0. The van der Waals surface area contributed by atoms with Gasteiger partial charge in [-0.15, -0.1) is 0 Å². The molecule has 0 aromatic carbocycles. The van der Waals surface area contributed by atoms with Gasteiger partial charge in [0.15, 0.2) is 0 Å². The van der Waals surface area contributed by atoms with Gasteiger partial charge in [0.05, 0.1) is 0 Å². The summed E-state index contributed by atoms with van der Waals surface area (Å²) < 4.78 is 0. The number of hydrogen-bond acceptors (Lipinski definition) is 0. The highest BCUT2D eigenvalue weighted by molar-refractivity contribution is 7.28. The summed E-state index contributed by atoms with van der Waals surface area (Å²) in [4.78, 5) is 1.50. The van der Waals surface area contributed by atoms with Gasteiger partial charge in [0.25, 0.3) is 0 Å². The van der Waals surface area contributed by atoms with E-state index in [0.29, 0.717) is 10.5 Å². The first-order valence-electron chi connectivity index (χ1n) is 2.30. The topological polar surface area (TPSA) is 0 Å². The Hall–Kier alpha value is -0.0100. The van der Waals surface area contributed by atoms with Crippen molar-refractivity contribution < 1.29 is 12.4 Å². The molecule has 46 valence electrons. The molecule has 0 saturated carbocycles. The molecule has 0 fully saturated rings. The zero-order valence-electron chi connectivity index (χ0n) is 5.02. The lowest BCUT2D eigenvalue weighted by Crippen LogP contribution is -3.00. The molecule has 1 rings (SSSR count). The molecule has 0 bridgehead atoms. The minimum absolute atomic E-state index is 0. The largest absolute Gasteiger partial charge is 1.00 e. The molecule has 0 N–H and O–H groups in total. The van der Waals surface area contributed by atoms with Crippen molar-refractivity contribution in [2.75, 3.05) is 0 Å². The average molecular weight is 149 g/mol. The predicted molar refractivity (Wildman–Crippen MR) is 34.6 cm³/mol. The molecule has 0 spiro atoms. The third-order valence-electron chi connectivity index (χ3n) is 1.12. The lowest BCUT2D eigenvalue weighted by atomic mass is 10.5. The summed E-state index contributed by atoms with van der Waals surface area (Å²) in [6.45, 7) is 2.17. The molecule has 0 saturated heterocycles. The van der Waals surface area contributed by atoms with E-state index < -0.39 is 0 Å². The number of halogens is 1. The van der Waals surface area contributed by atoms with Crippen LogP contribution in [0.4, 0.5) is 0 Å². The van der Waals surface area contributed by atoms with E-state index in [2.05, 4.69) is 30.7 Å². The average Bonchev–Trinajstić information content (AvgIpc) is 1.91. The van der Waals surface area contributed by atoms with Crippen molar-refractivity contribution in [3.05, 3.63) is 22.4 Å². The van der Waals surface area contributed by atoms with Gasteiger partial charge in [-0.25, -0.2) is 0 Å². The van der Waals surface area contributed by atoms with Crippen LogP contribution < -0.4 is 12.4 Å². The standard InChI is InChI=1S/C6H9S.ClH/c1-6-4-3-5-7(6)2;/h3-5H,1-2H3;1H/q+1;/p-1. The molecule has 1 unspecified atom stereocenters. The van der Waals surface area contributed by atoms with Gasteiger partial charge in [-0.05, 0) is 22.6 Å². The van der Waals surface area contributed by atoms with Crippen LogP contribution in [0.2, 0.25) is 0 Å². The van der Waals surface area contributed by atoms with E-state index in [9.17, 15) is 0 Å². The summed E-state index contributed by atoms with van der Waals surface area (Å²) in [6, 6.07) is 4.29. The zero-order chi connectivity index (χ0) is 5.28. The van der Waals surface area contributed by atoms with Crippen molar-refractivity contribution in [2.24, 2.45) is 6.26 Å².